The molecule has 0 aliphatic heterocycles. The molecule has 1 aromatic heterocycles. The highest BCUT2D eigenvalue weighted by Gasteiger charge is 2.27. The Balaban J connectivity index is 1.41. The Bertz CT molecular complexity index is 1140. The molecule has 1 aliphatic rings. The first-order valence-corrected chi connectivity index (χ1v) is 10.8. The zero-order valence-corrected chi connectivity index (χ0v) is 18.4. The van der Waals surface area contributed by atoms with E-state index in [1.54, 1.807) is 18.7 Å². The molecule has 0 spiro atoms. The van der Waals surface area contributed by atoms with E-state index in [4.69, 9.17) is 4.74 Å². The molecule has 0 saturated heterocycles. The van der Waals surface area contributed by atoms with Crippen molar-refractivity contribution in [2.75, 3.05) is 24.8 Å². The lowest BCUT2D eigenvalue weighted by Crippen LogP contribution is -2.30. The second-order valence-electron chi connectivity index (χ2n) is 8.34. The van der Waals surface area contributed by atoms with Gasteiger partial charge in [0.2, 0.25) is 5.91 Å². The van der Waals surface area contributed by atoms with Gasteiger partial charge in [-0.25, -0.2) is 4.79 Å². The summed E-state index contributed by atoms with van der Waals surface area (Å²) in [5.41, 5.74) is 3.58. The third-order valence-electron chi connectivity index (χ3n) is 6.43. The summed E-state index contributed by atoms with van der Waals surface area (Å²) in [4.78, 5) is 25.5. The monoisotopic (exact) mass is 422 g/mol. The Kier molecular flexibility index (Phi) is 6.02. The van der Waals surface area contributed by atoms with Crippen molar-refractivity contribution in [3.63, 3.8) is 0 Å². The third kappa shape index (κ3) is 4.31. The van der Waals surface area contributed by atoms with Crippen LogP contribution < -0.4 is 21.1 Å². The quantitative estimate of drug-likeness (QED) is 0.633. The summed E-state index contributed by atoms with van der Waals surface area (Å²) >= 11 is 0. The van der Waals surface area contributed by atoms with Gasteiger partial charge in [0.05, 0.1) is 18.1 Å². The summed E-state index contributed by atoms with van der Waals surface area (Å²) < 4.78 is 8.89. The van der Waals surface area contributed by atoms with E-state index in [9.17, 15) is 9.59 Å². The van der Waals surface area contributed by atoms with Gasteiger partial charge in [0, 0.05) is 44.0 Å². The van der Waals surface area contributed by atoms with E-state index in [1.165, 1.54) is 0 Å². The first-order valence-electron chi connectivity index (χ1n) is 10.8. The lowest BCUT2D eigenvalue weighted by Gasteiger charge is -2.28. The van der Waals surface area contributed by atoms with Gasteiger partial charge in [-0.05, 0) is 61.9 Å². The second-order valence-corrected chi connectivity index (χ2v) is 8.34. The molecule has 7 heteroatoms. The van der Waals surface area contributed by atoms with Crippen LogP contribution in [-0.4, -0.2) is 29.2 Å². The Hall–Kier alpha value is -3.22. The Morgan fingerprint density at radius 2 is 1.81 bits per heavy atom. The molecule has 164 valence electrons. The van der Waals surface area contributed by atoms with Gasteiger partial charge < -0.3 is 15.4 Å². The predicted molar refractivity (Wildman–Crippen MR) is 124 cm³/mol. The fourth-order valence-electron chi connectivity index (χ4n) is 4.56. The second kappa shape index (κ2) is 8.88. The number of hydrogen-bond donors (Lipinski definition) is 2. The number of anilines is 2. The van der Waals surface area contributed by atoms with Crippen LogP contribution >= 0.6 is 0 Å². The topological polar surface area (TPSA) is 77.3 Å². The van der Waals surface area contributed by atoms with Gasteiger partial charge in [-0.1, -0.05) is 6.07 Å². The van der Waals surface area contributed by atoms with Gasteiger partial charge in [-0.2, -0.15) is 0 Å². The van der Waals surface area contributed by atoms with E-state index in [1.807, 2.05) is 54.1 Å². The maximum absolute atomic E-state index is 12.8. The number of carbonyl (C=O) groups excluding carboxylic acids is 1. The molecule has 3 aromatic rings. The number of rotatable bonds is 6. The summed E-state index contributed by atoms with van der Waals surface area (Å²) in [7, 11) is 5.30. The van der Waals surface area contributed by atoms with E-state index >= 15 is 0 Å². The van der Waals surface area contributed by atoms with Crippen LogP contribution in [0.5, 0.6) is 5.75 Å². The molecule has 0 radical (unpaired) electrons. The maximum Gasteiger partial charge on any atom is 0.328 e. The molecule has 7 nitrogen and oxygen atoms in total. The molecule has 4 rings (SSSR count). The minimum absolute atomic E-state index is 0.00691. The summed E-state index contributed by atoms with van der Waals surface area (Å²) in [6, 6.07) is 13.5. The lowest BCUT2D eigenvalue weighted by molar-refractivity contribution is -0.121. The van der Waals surface area contributed by atoms with Crippen LogP contribution in [0.25, 0.3) is 11.0 Å². The molecule has 1 aliphatic carbocycles. The van der Waals surface area contributed by atoms with Gasteiger partial charge >= 0.3 is 5.69 Å². The van der Waals surface area contributed by atoms with Crippen LogP contribution in [0.3, 0.4) is 0 Å². The smallest absolute Gasteiger partial charge is 0.328 e. The number of carbonyl (C=O) groups is 1. The average molecular weight is 423 g/mol. The number of ether oxygens (including phenoxy) is 1. The highest BCUT2D eigenvalue weighted by molar-refractivity contribution is 5.93. The SMILES string of the molecule is CNc1cccc(NC(=O)C2CCC(Cn3c(=O)n(C)c4ccc(OC)cc43)CC2)c1. The van der Waals surface area contributed by atoms with Gasteiger partial charge in [-0.15, -0.1) is 0 Å². The van der Waals surface area contributed by atoms with E-state index in [0.717, 1.165) is 53.8 Å². The van der Waals surface area contributed by atoms with Gasteiger partial charge in [0.25, 0.3) is 0 Å². The number of amides is 1. The van der Waals surface area contributed by atoms with E-state index in [-0.39, 0.29) is 17.5 Å². The zero-order valence-electron chi connectivity index (χ0n) is 18.4. The highest BCUT2D eigenvalue weighted by atomic mass is 16.5. The minimum atomic E-state index is -0.00691. The largest absolute Gasteiger partial charge is 0.497 e. The number of imidazole rings is 1. The molecule has 1 fully saturated rings. The number of benzene rings is 2. The van der Waals surface area contributed by atoms with Crippen molar-refractivity contribution in [2.24, 2.45) is 18.9 Å². The summed E-state index contributed by atoms with van der Waals surface area (Å²) in [5, 5.41) is 6.14. The molecule has 1 saturated carbocycles. The normalized spacial score (nSPS) is 18.7. The van der Waals surface area contributed by atoms with Gasteiger partial charge in [-0.3, -0.25) is 13.9 Å². The lowest BCUT2D eigenvalue weighted by atomic mass is 9.81. The highest BCUT2D eigenvalue weighted by Crippen LogP contribution is 2.32. The van der Waals surface area contributed by atoms with Crippen LogP contribution in [0.4, 0.5) is 11.4 Å². The minimum Gasteiger partial charge on any atom is -0.497 e. The Morgan fingerprint density at radius 3 is 2.52 bits per heavy atom. The number of nitrogens with zero attached hydrogens (tertiary/aromatic N) is 2. The zero-order chi connectivity index (χ0) is 22.0. The fraction of sp³-hybridized carbons (Fsp3) is 0.417. The van der Waals surface area contributed by atoms with Crippen LogP contribution in [0.1, 0.15) is 25.7 Å². The fourth-order valence-corrected chi connectivity index (χ4v) is 4.56. The summed E-state index contributed by atoms with van der Waals surface area (Å²) in [6.07, 6.45) is 3.54. The van der Waals surface area contributed by atoms with Gasteiger partial charge in [0.15, 0.2) is 0 Å². The summed E-state index contributed by atoms with van der Waals surface area (Å²) in [5.74, 6) is 1.22. The van der Waals surface area contributed by atoms with E-state index in [2.05, 4.69) is 10.6 Å². The van der Waals surface area contributed by atoms with Crippen LogP contribution in [-0.2, 0) is 18.4 Å². The number of fused-ring (bicyclic) bond motifs is 1. The molecule has 0 bridgehead atoms. The van der Waals surface area contributed by atoms with Crippen LogP contribution in [0, 0.1) is 11.8 Å². The molecule has 1 amide bonds. The first-order chi connectivity index (χ1) is 15.0. The van der Waals surface area contributed by atoms with Crippen molar-refractivity contribution in [3.05, 3.63) is 52.9 Å². The molecule has 2 N–H and O–H groups in total. The first kappa shape index (κ1) is 21.0. The molecular formula is C24H30N4O3. The van der Waals surface area contributed by atoms with Gasteiger partial charge in [0.1, 0.15) is 5.75 Å². The molecule has 31 heavy (non-hydrogen) atoms. The van der Waals surface area contributed by atoms with Crippen molar-refractivity contribution in [1.29, 1.82) is 0 Å². The average Bonchev–Trinajstić information content (AvgIpc) is 3.03. The molecule has 2 aromatic carbocycles. The predicted octanol–water partition coefficient (Wildman–Crippen LogP) is 3.84. The van der Waals surface area contributed by atoms with Crippen molar-refractivity contribution >= 4 is 28.3 Å². The molecule has 1 heterocycles. The number of hydrogen-bond acceptors (Lipinski definition) is 4. The molecular weight excluding hydrogens is 392 g/mol. The van der Waals surface area contributed by atoms with E-state index < -0.39 is 0 Å². The van der Waals surface area contributed by atoms with Crippen LogP contribution in [0.2, 0.25) is 0 Å². The van der Waals surface area contributed by atoms with Crippen molar-refractivity contribution in [3.8, 4) is 5.75 Å². The summed E-state index contributed by atoms with van der Waals surface area (Å²) in [6.45, 7) is 0.669. The molecule has 0 atom stereocenters. The Labute approximate surface area is 182 Å². The van der Waals surface area contributed by atoms with Crippen molar-refractivity contribution in [2.45, 2.75) is 32.2 Å². The third-order valence-corrected chi connectivity index (χ3v) is 6.43. The van der Waals surface area contributed by atoms with E-state index in [0.29, 0.717) is 12.5 Å². The number of nitrogens with one attached hydrogen (secondary N) is 2. The maximum atomic E-state index is 12.8. The Morgan fingerprint density at radius 1 is 1.06 bits per heavy atom. The van der Waals surface area contributed by atoms with Crippen LogP contribution in [0.15, 0.2) is 47.3 Å². The van der Waals surface area contributed by atoms with Crippen molar-refractivity contribution < 1.29 is 9.53 Å². The number of aryl methyl sites for hydroxylation is 1. The molecule has 0 unspecified atom stereocenters. The standard InChI is InChI=1S/C24H30N4O3/c1-25-18-5-4-6-19(13-18)26-23(29)17-9-7-16(8-10-17)15-28-22-14-20(31-3)11-12-21(22)27(2)24(28)30/h4-6,11-14,16-17,25H,7-10,15H2,1-3H3,(H,26,29). The number of aromatic nitrogens is 2. The number of methoxy groups -OCH3 is 1. The van der Waals surface area contributed by atoms with Crippen molar-refractivity contribution in [1.82, 2.24) is 9.13 Å².